The molecular weight excluding hydrogens is 475 g/mol. The van der Waals surface area contributed by atoms with Crippen molar-refractivity contribution in [3.8, 4) is 0 Å². The van der Waals surface area contributed by atoms with Gasteiger partial charge in [-0.3, -0.25) is 4.98 Å². The van der Waals surface area contributed by atoms with E-state index in [1.807, 2.05) is 18.2 Å². The molecule has 0 atom stereocenters. The Morgan fingerprint density at radius 3 is 2.77 bits per heavy atom. The van der Waals surface area contributed by atoms with Crippen LogP contribution in [0.3, 0.4) is 0 Å². The summed E-state index contributed by atoms with van der Waals surface area (Å²) in [6.07, 6.45) is 2.78. The Labute approximate surface area is 161 Å². The highest BCUT2D eigenvalue weighted by Gasteiger charge is 2.00. The van der Waals surface area contributed by atoms with Gasteiger partial charge in [0.2, 0.25) is 0 Å². The van der Waals surface area contributed by atoms with Crippen LogP contribution < -0.4 is 10.6 Å². The van der Waals surface area contributed by atoms with Crippen LogP contribution in [-0.4, -0.2) is 24.0 Å². The van der Waals surface area contributed by atoms with Gasteiger partial charge in [0.1, 0.15) is 0 Å². The van der Waals surface area contributed by atoms with Crippen molar-refractivity contribution < 1.29 is 0 Å². The molecule has 0 saturated carbocycles. The van der Waals surface area contributed by atoms with Crippen LogP contribution in [0.2, 0.25) is 0 Å². The third-order valence-corrected chi connectivity index (χ3v) is 4.45. The SMILES string of the molecule is CCNC(=NCc1ccccn1)NCCc1ccc(Br)s1.I. The van der Waals surface area contributed by atoms with Crippen molar-refractivity contribution in [1.29, 1.82) is 0 Å². The quantitative estimate of drug-likeness (QED) is 0.364. The van der Waals surface area contributed by atoms with Gasteiger partial charge in [-0.25, -0.2) is 4.99 Å². The molecule has 0 radical (unpaired) electrons. The van der Waals surface area contributed by atoms with Crippen LogP contribution in [0.25, 0.3) is 0 Å². The van der Waals surface area contributed by atoms with E-state index in [1.165, 1.54) is 8.66 Å². The van der Waals surface area contributed by atoms with E-state index in [-0.39, 0.29) is 24.0 Å². The number of aromatic nitrogens is 1. The third kappa shape index (κ3) is 7.06. The van der Waals surface area contributed by atoms with Gasteiger partial charge in [0.15, 0.2) is 5.96 Å². The van der Waals surface area contributed by atoms with Gasteiger partial charge in [0.25, 0.3) is 0 Å². The van der Waals surface area contributed by atoms with Crippen molar-refractivity contribution in [2.45, 2.75) is 19.9 Å². The average molecular weight is 495 g/mol. The van der Waals surface area contributed by atoms with E-state index in [0.29, 0.717) is 6.54 Å². The number of aliphatic imine (C=N–C) groups is 1. The number of thiophene rings is 1. The topological polar surface area (TPSA) is 49.3 Å². The Bertz CT molecular complexity index is 574. The molecule has 22 heavy (non-hydrogen) atoms. The van der Waals surface area contributed by atoms with E-state index in [4.69, 9.17) is 0 Å². The van der Waals surface area contributed by atoms with Gasteiger partial charge in [-0.05, 0) is 53.5 Å². The van der Waals surface area contributed by atoms with E-state index in [0.717, 1.165) is 31.2 Å². The molecule has 0 saturated heterocycles. The molecule has 120 valence electrons. The molecule has 2 rings (SSSR count). The molecule has 0 amide bonds. The lowest BCUT2D eigenvalue weighted by Gasteiger charge is -2.10. The first-order valence-electron chi connectivity index (χ1n) is 6.94. The average Bonchev–Trinajstić information content (AvgIpc) is 2.91. The van der Waals surface area contributed by atoms with Crippen LogP contribution in [0.15, 0.2) is 45.3 Å². The van der Waals surface area contributed by atoms with Crippen molar-refractivity contribution in [2.75, 3.05) is 13.1 Å². The van der Waals surface area contributed by atoms with Crippen molar-refractivity contribution in [1.82, 2.24) is 15.6 Å². The van der Waals surface area contributed by atoms with Crippen LogP contribution in [0.5, 0.6) is 0 Å². The smallest absolute Gasteiger partial charge is 0.191 e. The summed E-state index contributed by atoms with van der Waals surface area (Å²) in [5, 5.41) is 6.60. The van der Waals surface area contributed by atoms with Crippen molar-refractivity contribution >= 4 is 57.2 Å². The molecule has 2 N–H and O–H groups in total. The summed E-state index contributed by atoms with van der Waals surface area (Å²) in [5.74, 6) is 0.832. The van der Waals surface area contributed by atoms with E-state index < -0.39 is 0 Å². The minimum absolute atomic E-state index is 0. The molecule has 0 aliphatic carbocycles. The molecule has 7 heteroatoms. The molecule has 0 spiro atoms. The van der Waals surface area contributed by atoms with Crippen LogP contribution >= 0.6 is 51.2 Å². The number of hydrogen-bond donors (Lipinski definition) is 2. The van der Waals surface area contributed by atoms with Gasteiger partial charge < -0.3 is 10.6 Å². The second-order valence-electron chi connectivity index (χ2n) is 4.40. The Balaban J connectivity index is 0.00000242. The third-order valence-electron chi connectivity index (χ3n) is 2.76. The first kappa shape index (κ1) is 19.4. The molecule has 2 heterocycles. The zero-order valence-electron chi connectivity index (χ0n) is 12.4. The molecule has 2 aromatic heterocycles. The Morgan fingerprint density at radius 2 is 2.14 bits per heavy atom. The summed E-state index contributed by atoms with van der Waals surface area (Å²) in [5.41, 5.74) is 0.969. The summed E-state index contributed by atoms with van der Waals surface area (Å²) < 4.78 is 1.17. The van der Waals surface area contributed by atoms with Gasteiger partial charge in [-0.15, -0.1) is 35.3 Å². The summed E-state index contributed by atoms with van der Waals surface area (Å²) in [7, 11) is 0. The predicted octanol–water partition coefficient (Wildman–Crippen LogP) is 3.82. The number of pyridine rings is 1. The number of hydrogen-bond acceptors (Lipinski definition) is 3. The highest BCUT2D eigenvalue weighted by atomic mass is 127. The van der Waals surface area contributed by atoms with Crippen LogP contribution in [0.1, 0.15) is 17.5 Å². The van der Waals surface area contributed by atoms with E-state index in [9.17, 15) is 0 Å². The Kier molecular flexibility index (Phi) is 9.65. The lowest BCUT2D eigenvalue weighted by atomic mass is 10.3. The number of guanidine groups is 1. The van der Waals surface area contributed by atoms with Gasteiger partial charge in [0.05, 0.1) is 16.0 Å². The molecule has 0 fully saturated rings. The molecule has 0 unspecified atom stereocenters. The first-order chi connectivity index (χ1) is 10.3. The van der Waals surface area contributed by atoms with Crippen LogP contribution in [0, 0.1) is 0 Å². The molecule has 0 bridgehead atoms. The fourth-order valence-electron chi connectivity index (χ4n) is 1.78. The largest absolute Gasteiger partial charge is 0.357 e. The maximum Gasteiger partial charge on any atom is 0.191 e. The molecular formula is C15H20BrIN4S. The monoisotopic (exact) mass is 494 g/mol. The molecule has 2 aromatic rings. The maximum atomic E-state index is 4.55. The fourth-order valence-corrected chi connectivity index (χ4v) is 3.27. The fraction of sp³-hybridized carbons (Fsp3) is 0.333. The summed E-state index contributed by atoms with van der Waals surface area (Å²) in [6.45, 7) is 4.36. The first-order valence-corrected chi connectivity index (χ1v) is 8.55. The van der Waals surface area contributed by atoms with Gasteiger partial charge >= 0.3 is 0 Å². The highest BCUT2D eigenvalue weighted by Crippen LogP contribution is 2.21. The van der Waals surface area contributed by atoms with Crippen molar-refractivity contribution in [2.24, 2.45) is 4.99 Å². The summed E-state index contributed by atoms with van der Waals surface area (Å²) in [4.78, 5) is 10.2. The molecule has 0 aromatic carbocycles. The van der Waals surface area contributed by atoms with E-state index in [2.05, 4.69) is 55.6 Å². The standard InChI is InChI=1S/C15H19BrN4S.HI/c1-2-17-15(20-11-12-5-3-4-9-18-12)19-10-8-13-6-7-14(16)21-13;/h3-7,9H,2,8,10-11H2,1H3,(H2,17,19,20);1H. The predicted molar refractivity (Wildman–Crippen MR) is 108 cm³/mol. The number of rotatable bonds is 6. The molecule has 0 aliphatic heterocycles. The van der Waals surface area contributed by atoms with Crippen LogP contribution in [-0.2, 0) is 13.0 Å². The van der Waals surface area contributed by atoms with E-state index >= 15 is 0 Å². The zero-order chi connectivity index (χ0) is 14.9. The minimum atomic E-state index is 0. The van der Waals surface area contributed by atoms with Crippen molar-refractivity contribution in [3.05, 3.63) is 50.9 Å². The van der Waals surface area contributed by atoms with Gasteiger partial charge in [-0.1, -0.05) is 6.07 Å². The minimum Gasteiger partial charge on any atom is -0.357 e. The molecule has 4 nitrogen and oxygen atoms in total. The number of nitrogens with zero attached hydrogens (tertiary/aromatic N) is 2. The van der Waals surface area contributed by atoms with Crippen molar-refractivity contribution in [3.63, 3.8) is 0 Å². The second kappa shape index (κ2) is 11.0. The van der Waals surface area contributed by atoms with Gasteiger partial charge in [0, 0.05) is 24.2 Å². The van der Waals surface area contributed by atoms with Gasteiger partial charge in [-0.2, -0.15) is 0 Å². The number of nitrogens with one attached hydrogen (secondary N) is 2. The van der Waals surface area contributed by atoms with E-state index in [1.54, 1.807) is 17.5 Å². The summed E-state index contributed by atoms with van der Waals surface area (Å²) in [6, 6.07) is 10.1. The summed E-state index contributed by atoms with van der Waals surface area (Å²) >= 11 is 5.25. The normalized spacial score (nSPS) is 10.9. The lowest BCUT2D eigenvalue weighted by molar-refractivity contribution is 0.801. The maximum absolute atomic E-state index is 4.55. The molecule has 0 aliphatic rings. The number of halogens is 2. The Hall–Kier alpha value is -0.670. The van der Waals surface area contributed by atoms with Crippen LogP contribution in [0.4, 0.5) is 0 Å². The highest BCUT2D eigenvalue weighted by molar-refractivity contribution is 14.0. The lowest BCUT2D eigenvalue weighted by Crippen LogP contribution is -2.38. The second-order valence-corrected chi connectivity index (χ2v) is 6.95. The Morgan fingerprint density at radius 1 is 1.27 bits per heavy atom. The zero-order valence-corrected chi connectivity index (χ0v) is 17.1.